The molecule has 1 aromatic carbocycles. The summed E-state index contributed by atoms with van der Waals surface area (Å²) in [5, 5.41) is 0. The molecule has 3 atom stereocenters. The Balaban J connectivity index is 1.88. The van der Waals surface area contributed by atoms with Crippen LogP contribution in [0.3, 0.4) is 0 Å². The lowest BCUT2D eigenvalue weighted by Gasteiger charge is -2.32. The molecule has 3 heteroatoms. The van der Waals surface area contributed by atoms with Gasteiger partial charge in [-0.2, -0.15) is 4.89 Å². The molecule has 0 radical (unpaired) electrons. The molecule has 1 fully saturated rings. The number of hydrogen-bond donors (Lipinski definition) is 0. The normalized spacial score (nSPS) is 27.0. The van der Waals surface area contributed by atoms with Crippen molar-refractivity contribution in [3.63, 3.8) is 0 Å². The van der Waals surface area contributed by atoms with Gasteiger partial charge in [0.2, 0.25) is 0 Å². The van der Waals surface area contributed by atoms with Gasteiger partial charge < -0.3 is 0 Å². The Morgan fingerprint density at radius 3 is 2.53 bits per heavy atom. The zero-order chi connectivity index (χ0) is 13.8. The van der Waals surface area contributed by atoms with Crippen molar-refractivity contribution in [2.45, 2.75) is 46.1 Å². The van der Waals surface area contributed by atoms with Gasteiger partial charge in [0.1, 0.15) is 6.10 Å². The fraction of sp³-hybridized carbons (Fsp3) is 0.562. The number of carbonyl (C=O) groups excluding carboxylic acids is 1. The molecular weight excluding hydrogens is 240 g/mol. The lowest BCUT2D eigenvalue weighted by Crippen LogP contribution is -2.31. The highest BCUT2D eigenvalue weighted by Gasteiger charge is 2.29. The monoisotopic (exact) mass is 262 g/mol. The van der Waals surface area contributed by atoms with Gasteiger partial charge in [-0.25, -0.2) is 4.79 Å². The van der Waals surface area contributed by atoms with E-state index in [9.17, 15) is 4.79 Å². The smallest absolute Gasteiger partial charge is 0.293 e. The summed E-state index contributed by atoms with van der Waals surface area (Å²) in [7, 11) is 0. The second-order valence-electron chi connectivity index (χ2n) is 5.64. The predicted molar refractivity (Wildman–Crippen MR) is 73.6 cm³/mol. The van der Waals surface area contributed by atoms with Crippen LogP contribution in [0.4, 0.5) is 0 Å². The Bertz CT molecular complexity index is 424. The number of hydrogen-bond acceptors (Lipinski definition) is 3. The van der Waals surface area contributed by atoms with Crippen LogP contribution >= 0.6 is 0 Å². The third kappa shape index (κ3) is 3.57. The summed E-state index contributed by atoms with van der Waals surface area (Å²) in [6.45, 7) is 6.37. The third-order valence-electron chi connectivity index (χ3n) is 4.17. The van der Waals surface area contributed by atoms with Crippen LogP contribution in [0, 0.1) is 18.8 Å². The number of rotatable bonds is 3. The maximum Gasteiger partial charge on any atom is 0.373 e. The van der Waals surface area contributed by atoms with Gasteiger partial charge >= 0.3 is 5.97 Å². The lowest BCUT2D eigenvalue weighted by atomic mass is 9.80. The summed E-state index contributed by atoms with van der Waals surface area (Å²) in [5.41, 5.74) is 1.65. The minimum atomic E-state index is -0.412. The van der Waals surface area contributed by atoms with Gasteiger partial charge in [-0.05, 0) is 37.3 Å². The maximum atomic E-state index is 11.8. The summed E-state index contributed by atoms with van der Waals surface area (Å²) in [4.78, 5) is 22.2. The second kappa shape index (κ2) is 6.20. The Hall–Kier alpha value is -1.35. The third-order valence-corrected chi connectivity index (χ3v) is 4.17. The Kier molecular flexibility index (Phi) is 4.59. The maximum absolute atomic E-state index is 11.8. The molecule has 0 heterocycles. The van der Waals surface area contributed by atoms with Crippen LogP contribution in [-0.2, 0) is 9.78 Å². The summed E-state index contributed by atoms with van der Waals surface area (Å²) >= 11 is 0. The highest BCUT2D eigenvalue weighted by atomic mass is 17.2. The molecule has 1 saturated carbocycles. The van der Waals surface area contributed by atoms with Gasteiger partial charge in [0.05, 0.1) is 5.56 Å². The number of carbonyl (C=O) groups is 1. The summed E-state index contributed by atoms with van der Waals surface area (Å²) < 4.78 is 0. The van der Waals surface area contributed by atoms with Crippen molar-refractivity contribution in [2.24, 2.45) is 11.8 Å². The molecular formula is C16H22O3. The highest BCUT2D eigenvalue weighted by molar-refractivity contribution is 5.88. The van der Waals surface area contributed by atoms with Gasteiger partial charge in [-0.1, -0.05) is 44.4 Å². The van der Waals surface area contributed by atoms with Crippen molar-refractivity contribution in [1.29, 1.82) is 0 Å². The molecule has 3 unspecified atom stereocenters. The van der Waals surface area contributed by atoms with E-state index in [-0.39, 0.29) is 6.10 Å². The van der Waals surface area contributed by atoms with Crippen molar-refractivity contribution >= 4 is 5.97 Å². The van der Waals surface area contributed by atoms with Crippen LogP contribution < -0.4 is 0 Å². The van der Waals surface area contributed by atoms with Gasteiger partial charge in [0, 0.05) is 0 Å². The molecule has 104 valence electrons. The first-order valence-electron chi connectivity index (χ1n) is 7.02. The average molecular weight is 262 g/mol. The summed E-state index contributed by atoms with van der Waals surface area (Å²) in [5.74, 6) is 0.641. The van der Waals surface area contributed by atoms with E-state index in [1.165, 1.54) is 6.42 Å². The van der Waals surface area contributed by atoms with Crippen LogP contribution in [-0.4, -0.2) is 12.1 Å². The highest BCUT2D eigenvalue weighted by Crippen LogP contribution is 2.31. The fourth-order valence-corrected chi connectivity index (χ4v) is 2.51. The largest absolute Gasteiger partial charge is 0.373 e. The molecule has 0 saturated heterocycles. The Morgan fingerprint density at radius 2 is 1.84 bits per heavy atom. The van der Waals surface area contributed by atoms with Crippen LogP contribution in [0.1, 0.15) is 49.0 Å². The number of benzene rings is 1. The van der Waals surface area contributed by atoms with E-state index < -0.39 is 5.97 Å². The number of aryl methyl sites for hydroxylation is 1. The summed E-state index contributed by atoms with van der Waals surface area (Å²) in [6, 6.07) is 7.30. The first-order chi connectivity index (χ1) is 9.08. The second-order valence-corrected chi connectivity index (χ2v) is 5.64. The molecule has 1 aliphatic carbocycles. The van der Waals surface area contributed by atoms with Gasteiger partial charge in [0.25, 0.3) is 0 Å². The molecule has 0 aromatic heterocycles. The van der Waals surface area contributed by atoms with Crippen LogP contribution in [0.15, 0.2) is 24.3 Å². The van der Waals surface area contributed by atoms with Gasteiger partial charge in [-0.15, -0.1) is 0 Å². The van der Waals surface area contributed by atoms with E-state index in [2.05, 4.69) is 13.8 Å². The fourth-order valence-electron chi connectivity index (χ4n) is 2.51. The molecule has 3 nitrogen and oxygen atoms in total. The van der Waals surface area contributed by atoms with Crippen LogP contribution in [0.2, 0.25) is 0 Å². The van der Waals surface area contributed by atoms with E-state index in [0.717, 1.165) is 18.4 Å². The van der Waals surface area contributed by atoms with Crippen molar-refractivity contribution in [3.8, 4) is 0 Å². The first-order valence-corrected chi connectivity index (χ1v) is 7.02. The molecule has 2 rings (SSSR count). The van der Waals surface area contributed by atoms with E-state index in [1.54, 1.807) is 12.1 Å². The van der Waals surface area contributed by atoms with Gasteiger partial charge in [0.15, 0.2) is 0 Å². The molecule has 1 aliphatic rings. The quantitative estimate of drug-likeness (QED) is 0.612. The van der Waals surface area contributed by atoms with E-state index in [0.29, 0.717) is 17.4 Å². The molecule has 0 N–H and O–H groups in total. The van der Waals surface area contributed by atoms with Gasteiger partial charge in [-0.3, -0.25) is 4.89 Å². The van der Waals surface area contributed by atoms with E-state index in [1.807, 2.05) is 19.1 Å². The standard InChI is InChI=1S/C16H22O3/c1-11-7-9-14(10-8-11)16(17)19-18-15-6-4-5-12(2)13(15)3/h7-10,12-13,15H,4-6H2,1-3H3. The topological polar surface area (TPSA) is 35.5 Å². The predicted octanol–water partition coefficient (Wildman–Crippen LogP) is 3.91. The van der Waals surface area contributed by atoms with E-state index in [4.69, 9.17) is 9.78 Å². The zero-order valence-corrected chi connectivity index (χ0v) is 11.9. The minimum Gasteiger partial charge on any atom is -0.293 e. The zero-order valence-electron chi connectivity index (χ0n) is 11.9. The average Bonchev–Trinajstić information content (AvgIpc) is 2.41. The SMILES string of the molecule is Cc1ccc(C(=O)OOC2CCCC(C)C2C)cc1. The van der Waals surface area contributed by atoms with Crippen molar-refractivity contribution in [2.75, 3.05) is 0 Å². The lowest BCUT2D eigenvalue weighted by molar-refractivity contribution is -0.292. The van der Waals surface area contributed by atoms with E-state index >= 15 is 0 Å². The minimum absolute atomic E-state index is 0.0261. The van der Waals surface area contributed by atoms with Crippen LogP contribution in [0.25, 0.3) is 0 Å². The van der Waals surface area contributed by atoms with Crippen molar-refractivity contribution in [1.82, 2.24) is 0 Å². The molecule has 1 aromatic rings. The molecule has 0 spiro atoms. The Labute approximate surface area is 114 Å². The van der Waals surface area contributed by atoms with Crippen molar-refractivity contribution < 1.29 is 14.6 Å². The van der Waals surface area contributed by atoms with Crippen molar-refractivity contribution in [3.05, 3.63) is 35.4 Å². The summed E-state index contributed by atoms with van der Waals surface area (Å²) in [6.07, 6.45) is 3.36. The molecule has 0 amide bonds. The molecule has 0 bridgehead atoms. The Morgan fingerprint density at radius 1 is 1.16 bits per heavy atom. The molecule has 19 heavy (non-hydrogen) atoms. The first kappa shape index (κ1) is 14.1. The molecule has 0 aliphatic heterocycles. The van der Waals surface area contributed by atoms with Crippen LogP contribution in [0.5, 0.6) is 0 Å².